The van der Waals surface area contributed by atoms with Crippen LogP contribution in [0.1, 0.15) is 17.5 Å². The summed E-state index contributed by atoms with van der Waals surface area (Å²) in [5, 5.41) is 3.18. The van der Waals surface area contributed by atoms with E-state index in [-0.39, 0.29) is 6.04 Å². The largest absolute Gasteiger partial charge is 0.466 e. The summed E-state index contributed by atoms with van der Waals surface area (Å²) in [6.07, 6.45) is 5.40. The molecule has 0 aliphatic heterocycles. The van der Waals surface area contributed by atoms with Gasteiger partial charge in [0.2, 0.25) is 0 Å². The average molecular weight is 270 g/mol. The Labute approximate surface area is 96.4 Å². The smallest absolute Gasteiger partial charge is 0.141 e. The molecule has 0 fully saturated rings. The van der Waals surface area contributed by atoms with Gasteiger partial charge in [-0.15, -0.1) is 0 Å². The van der Waals surface area contributed by atoms with Gasteiger partial charge in [0.05, 0.1) is 22.8 Å². The number of hydrogen-bond acceptors (Lipinski definition) is 3. The molecule has 0 saturated carbocycles. The van der Waals surface area contributed by atoms with Gasteiger partial charge in [-0.2, -0.15) is 0 Å². The molecule has 1 N–H and O–H groups in total. The molecule has 2 aromatic heterocycles. The Morgan fingerprint density at radius 1 is 1.60 bits per heavy atom. The molecule has 0 aliphatic carbocycles. The summed E-state index contributed by atoms with van der Waals surface area (Å²) in [4.78, 5) is 4.30. The first-order valence-electron chi connectivity index (χ1n) is 4.60. The number of rotatable bonds is 3. The minimum atomic E-state index is -0.0180. The number of nitrogens with one attached hydrogen (secondary N) is 1. The number of imidazole rings is 1. The van der Waals surface area contributed by atoms with Crippen molar-refractivity contribution in [3.63, 3.8) is 0 Å². The minimum Gasteiger partial charge on any atom is -0.466 e. The SMILES string of the molecule is CNC(c1cn(C)cn1)c1occc1Br. The van der Waals surface area contributed by atoms with E-state index in [1.165, 1.54) is 0 Å². The predicted octanol–water partition coefficient (Wildman–Crippen LogP) is 2.08. The molecule has 15 heavy (non-hydrogen) atoms. The minimum absolute atomic E-state index is 0.0180. The van der Waals surface area contributed by atoms with Crippen LogP contribution in [-0.4, -0.2) is 16.6 Å². The zero-order valence-electron chi connectivity index (χ0n) is 8.57. The van der Waals surface area contributed by atoms with E-state index in [1.54, 1.807) is 12.6 Å². The molecule has 0 spiro atoms. The molecule has 1 atom stereocenters. The maximum Gasteiger partial charge on any atom is 0.141 e. The van der Waals surface area contributed by atoms with Crippen molar-refractivity contribution in [1.29, 1.82) is 0 Å². The predicted molar refractivity (Wildman–Crippen MR) is 60.5 cm³/mol. The van der Waals surface area contributed by atoms with Crippen LogP contribution in [-0.2, 0) is 7.05 Å². The first-order chi connectivity index (χ1) is 7.22. The van der Waals surface area contributed by atoms with E-state index in [4.69, 9.17) is 4.42 Å². The van der Waals surface area contributed by atoms with Crippen LogP contribution in [0.5, 0.6) is 0 Å². The van der Waals surface area contributed by atoms with Crippen LogP contribution in [0.3, 0.4) is 0 Å². The van der Waals surface area contributed by atoms with Gasteiger partial charge in [-0.25, -0.2) is 4.98 Å². The summed E-state index contributed by atoms with van der Waals surface area (Å²) >= 11 is 3.44. The Hall–Kier alpha value is -1.07. The molecule has 0 bridgehead atoms. The van der Waals surface area contributed by atoms with E-state index in [0.29, 0.717) is 0 Å². The molecule has 2 heterocycles. The lowest BCUT2D eigenvalue weighted by Crippen LogP contribution is -2.17. The highest BCUT2D eigenvalue weighted by Crippen LogP contribution is 2.28. The maximum atomic E-state index is 5.42. The quantitative estimate of drug-likeness (QED) is 0.928. The fourth-order valence-electron chi connectivity index (χ4n) is 1.51. The third kappa shape index (κ3) is 1.98. The second kappa shape index (κ2) is 4.20. The van der Waals surface area contributed by atoms with Crippen LogP contribution >= 0.6 is 15.9 Å². The molecule has 0 aliphatic rings. The highest BCUT2D eigenvalue weighted by Gasteiger charge is 2.20. The molecular weight excluding hydrogens is 258 g/mol. The summed E-state index contributed by atoms with van der Waals surface area (Å²) < 4.78 is 8.29. The number of aromatic nitrogens is 2. The Morgan fingerprint density at radius 2 is 2.40 bits per heavy atom. The fourth-order valence-corrected chi connectivity index (χ4v) is 1.94. The number of aryl methyl sites for hydroxylation is 1. The van der Waals surface area contributed by atoms with Crippen molar-refractivity contribution in [2.75, 3.05) is 7.05 Å². The van der Waals surface area contributed by atoms with Gasteiger partial charge in [0, 0.05) is 13.2 Å². The third-order valence-corrected chi connectivity index (χ3v) is 2.87. The Morgan fingerprint density at radius 3 is 2.87 bits per heavy atom. The summed E-state index contributed by atoms with van der Waals surface area (Å²) in [6, 6.07) is 1.86. The lowest BCUT2D eigenvalue weighted by Gasteiger charge is -2.11. The summed E-state index contributed by atoms with van der Waals surface area (Å²) in [6.45, 7) is 0. The number of halogens is 1. The van der Waals surface area contributed by atoms with Gasteiger partial charge < -0.3 is 14.3 Å². The van der Waals surface area contributed by atoms with Crippen LogP contribution in [0.4, 0.5) is 0 Å². The van der Waals surface area contributed by atoms with Crippen LogP contribution in [0, 0.1) is 0 Å². The topological polar surface area (TPSA) is 43.0 Å². The second-order valence-electron chi connectivity index (χ2n) is 3.32. The summed E-state index contributed by atoms with van der Waals surface area (Å²) in [5.41, 5.74) is 0.940. The molecule has 2 aromatic rings. The van der Waals surface area contributed by atoms with Crippen molar-refractivity contribution in [2.45, 2.75) is 6.04 Å². The van der Waals surface area contributed by atoms with E-state index in [0.717, 1.165) is 15.9 Å². The Kier molecular flexibility index (Phi) is 2.93. The van der Waals surface area contributed by atoms with E-state index >= 15 is 0 Å². The summed E-state index contributed by atoms with van der Waals surface area (Å²) in [5.74, 6) is 0.844. The lowest BCUT2D eigenvalue weighted by molar-refractivity contribution is 0.457. The van der Waals surface area contributed by atoms with Crippen molar-refractivity contribution in [3.8, 4) is 0 Å². The fraction of sp³-hybridized carbons (Fsp3) is 0.300. The van der Waals surface area contributed by atoms with Gasteiger partial charge >= 0.3 is 0 Å². The van der Waals surface area contributed by atoms with Crippen molar-refractivity contribution in [1.82, 2.24) is 14.9 Å². The molecule has 0 saturated heterocycles. The highest BCUT2D eigenvalue weighted by atomic mass is 79.9. The number of hydrogen-bond donors (Lipinski definition) is 1. The molecule has 1 unspecified atom stereocenters. The van der Waals surface area contributed by atoms with E-state index in [1.807, 2.05) is 30.9 Å². The molecule has 0 amide bonds. The molecule has 0 radical (unpaired) electrons. The molecule has 80 valence electrons. The van der Waals surface area contributed by atoms with E-state index in [9.17, 15) is 0 Å². The first-order valence-corrected chi connectivity index (χ1v) is 5.39. The van der Waals surface area contributed by atoms with Crippen molar-refractivity contribution >= 4 is 15.9 Å². The molecule has 5 heteroatoms. The van der Waals surface area contributed by atoms with Crippen LogP contribution in [0.25, 0.3) is 0 Å². The average Bonchev–Trinajstić information content (AvgIpc) is 2.79. The molecular formula is C10H12BrN3O. The highest BCUT2D eigenvalue weighted by molar-refractivity contribution is 9.10. The van der Waals surface area contributed by atoms with Gasteiger partial charge in [-0.05, 0) is 29.0 Å². The third-order valence-electron chi connectivity index (χ3n) is 2.22. The second-order valence-corrected chi connectivity index (χ2v) is 4.17. The Bertz CT molecular complexity index is 449. The molecule has 4 nitrogen and oxygen atoms in total. The zero-order valence-corrected chi connectivity index (χ0v) is 10.2. The van der Waals surface area contributed by atoms with Crippen molar-refractivity contribution < 1.29 is 4.42 Å². The van der Waals surface area contributed by atoms with Crippen molar-refractivity contribution in [2.24, 2.45) is 7.05 Å². The van der Waals surface area contributed by atoms with Crippen LogP contribution in [0.2, 0.25) is 0 Å². The Balaban J connectivity index is 2.36. The van der Waals surface area contributed by atoms with Gasteiger partial charge in [0.25, 0.3) is 0 Å². The van der Waals surface area contributed by atoms with E-state index < -0.39 is 0 Å². The van der Waals surface area contributed by atoms with Gasteiger partial charge in [0.15, 0.2) is 0 Å². The van der Waals surface area contributed by atoms with Gasteiger partial charge in [0.1, 0.15) is 11.8 Å². The maximum absolute atomic E-state index is 5.42. The van der Waals surface area contributed by atoms with Crippen molar-refractivity contribution in [3.05, 3.63) is 40.8 Å². The number of nitrogens with zero attached hydrogens (tertiary/aromatic N) is 2. The van der Waals surface area contributed by atoms with E-state index in [2.05, 4.69) is 26.2 Å². The monoisotopic (exact) mass is 269 g/mol. The van der Waals surface area contributed by atoms with Gasteiger partial charge in [-0.3, -0.25) is 0 Å². The lowest BCUT2D eigenvalue weighted by atomic mass is 10.2. The van der Waals surface area contributed by atoms with Gasteiger partial charge in [-0.1, -0.05) is 0 Å². The van der Waals surface area contributed by atoms with Crippen LogP contribution in [0.15, 0.2) is 33.7 Å². The normalized spacial score (nSPS) is 13.0. The molecule has 0 aromatic carbocycles. The zero-order chi connectivity index (χ0) is 10.8. The molecule has 2 rings (SSSR count). The standard InChI is InChI=1S/C10H12BrN3O/c1-12-9(8-5-14(2)6-13-8)10-7(11)3-4-15-10/h3-6,9,12H,1-2H3. The number of furan rings is 1. The van der Waals surface area contributed by atoms with Crippen LogP contribution < -0.4 is 5.32 Å². The summed E-state index contributed by atoms with van der Waals surface area (Å²) in [7, 11) is 3.83. The first kappa shape index (κ1) is 10.4.